The topological polar surface area (TPSA) is 37.6 Å². The molecule has 0 saturated carbocycles. The van der Waals surface area contributed by atoms with E-state index in [9.17, 15) is 9.18 Å². The van der Waals surface area contributed by atoms with Crippen LogP contribution in [0.3, 0.4) is 0 Å². The van der Waals surface area contributed by atoms with E-state index in [0.717, 1.165) is 39.8 Å². The van der Waals surface area contributed by atoms with Gasteiger partial charge in [-0.25, -0.2) is 9.38 Å². The van der Waals surface area contributed by atoms with Crippen LogP contribution in [0.25, 0.3) is 17.0 Å². The van der Waals surface area contributed by atoms with Gasteiger partial charge in [-0.1, -0.05) is 78.9 Å². The normalized spacial score (nSPS) is 15.6. The maximum absolute atomic E-state index is 13.8. The maximum Gasteiger partial charge on any atom is 0.266 e. The molecule has 40 heavy (non-hydrogen) atoms. The van der Waals surface area contributed by atoms with Crippen LogP contribution in [0.15, 0.2) is 119 Å². The average Bonchev–Trinajstić information content (AvgIpc) is 3.42. The number of thioether (sulfide) groups is 1. The zero-order valence-electron chi connectivity index (χ0n) is 22.1. The van der Waals surface area contributed by atoms with Gasteiger partial charge in [-0.2, -0.15) is 0 Å². The van der Waals surface area contributed by atoms with Crippen LogP contribution < -0.4 is 0 Å². The maximum atomic E-state index is 13.8. The molecule has 6 heteroatoms. The van der Waals surface area contributed by atoms with E-state index in [1.165, 1.54) is 29.5 Å². The highest BCUT2D eigenvalue weighted by Crippen LogP contribution is 2.37. The van der Waals surface area contributed by atoms with Gasteiger partial charge in [0.15, 0.2) is 5.17 Å². The number of nitrogens with zero attached hydrogens (tertiary/aromatic N) is 3. The molecule has 0 N–H and O–H groups in total. The number of hydrogen-bond acceptors (Lipinski definition) is 3. The van der Waals surface area contributed by atoms with Crippen molar-refractivity contribution in [3.63, 3.8) is 0 Å². The molecule has 0 atom stereocenters. The highest BCUT2D eigenvalue weighted by molar-refractivity contribution is 8.18. The first-order chi connectivity index (χ1) is 19.6. The summed E-state index contributed by atoms with van der Waals surface area (Å²) in [6.45, 7) is 3.23. The highest BCUT2D eigenvalue weighted by Gasteiger charge is 2.33. The largest absolute Gasteiger partial charge is 0.340 e. The second kappa shape index (κ2) is 11.4. The molecule has 4 nitrogen and oxygen atoms in total. The Hall–Kier alpha value is -4.42. The molecule has 0 bridgehead atoms. The molecule has 1 fully saturated rings. The number of amides is 1. The molecule has 1 aliphatic rings. The first-order valence-electron chi connectivity index (χ1n) is 13.3. The van der Waals surface area contributed by atoms with E-state index in [2.05, 4.69) is 35.8 Å². The van der Waals surface area contributed by atoms with E-state index in [4.69, 9.17) is 4.99 Å². The molecular formula is C34H28FN3OS. The van der Waals surface area contributed by atoms with Crippen molar-refractivity contribution in [3.8, 4) is 0 Å². The summed E-state index contributed by atoms with van der Waals surface area (Å²) in [5, 5.41) is 1.76. The van der Waals surface area contributed by atoms with Gasteiger partial charge in [0.25, 0.3) is 5.91 Å². The lowest BCUT2D eigenvalue weighted by Gasteiger charge is -2.15. The predicted molar refractivity (Wildman–Crippen MR) is 163 cm³/mol. The minimum absolute atomic E-state index is 0.0367. The van der Waals surface area contributed by atoms with E-state index in [1.807, 2.05) is 78.9 Å². The van der Waals surface area contributed by atoms with Crippen molar-refractivity contribution in [1.82, 2.24) is 9.47 Å². The van der Waals surface area contributed by atoms with Crippen molar-refractivity contribution < 1.29 is 9.18 Å². The van der Waals surface area contributed by atoms with Gasteiger partial charge in [0, 0.05) is 35.2 Å². The van der Waals surface area contributed by atoms with E-state index < -0.39 is 0 Å². The molecule has 6 rings (SSSR count). The summed E-state index contributed by atoms with van der Waals surface area (Å²) in [5.41, 5.74) is 6.14. The monoisotopic (exact) mass is 545 g/mol. The molecule has 2 heterocycles. The predicted octanol–water partition coefficient (Wildman–Crippen LogP) is 7.98. The van der Waals surface area contributed by atoms with Gasteiger partial charge in [-0.05, 0) is 72.6 Å². The third kappa shape index (κ3) is 5.36. The van der Waals surface area contributed by atoms with Gasteiger partial charge < -0.3 is 4.57 Å². The molecule has 4 aromatic carbocycles. The molecule has 1 aliphatic heterocycles. The third-order valence-corrected chi connectivity index (χ3v) is 8.15. The third-order valence-electron chi connectivity index (χ3n) is 7.14. The first-order valence-corrected chi connectivity index (χ1v) is 14.1. The van der Waals surface area contributed by atoms with Gasteiger partial charge in [-0.3, -0.25) is 9.69 Å². The van der Waals surface area contributed by atoms with E-state index in [-0.39, 0.29) is 11.7 Å². The summed E-state index contributed by atoms with van der Waals surface area (Å²) < 4.78 is 15.7. The molecule has 1 amide bonds. The van der Waals surface area contributed by atoms with Crippen molar-refractivity contribution in [2.45, 2.75) is 19.9 Å². The fraction of sp³-hybridized carbons (Fsp3) is 0.118. The van der Waals surface area contributed by atoms with E-state index in [1.54, 1.807) is 4.90 Å². The van der Waals surface area contributed by atoms with Crippen molar-refractivity contribution in [2.24, 2.45) is 4.99 Å². The Kier molecular flexibility index (Phi) is 7.34. The van der Waals surface area contributed by atoms with Crippen LogP contribution in [-0.4, -0.2) is 27.1 Å². The molecule has 1 aromatic heterocycles. The fourth-order valence-electron chi connectivity index (χ4n) is 5.03. The molecule has 0 aliphatic carbocycles. The quantitative estimate of drug-likeness (QED) is 0.194. The SMILES string of the molecule is Cc1c(/C=C2/SC(=Nc3ccccc3)N(CCc3ccccc3)C2=O)c2ccccc2n1Cc1ccc(F)cc1. The lowest BCUT2D eigenvalue weighted by atomic mass is 10.1. The molecule has 1 saturated heterocycles. The molecule has 5 aromatic rings. The Labute approximate surface area is 237 Å². The zero-order chi connectivity index (χ0) is 27.5. The first kappa shape index (κ1) is 25.8. The number of fused-ring (bicyclic) bond motifs is 1. The number of amidine groups is 1. The number of halogens is 1. The lowest BCUT2D eigenvalue weighted by Crippen LogP contribution is -2.31. The minimum Gasteiger partial charge on any atom is -0.340 e. The second-order valence-corrected chi connectivity index (χ2v) is 10.8. The van der Waals surface area contributed by atoms with Crippen molar-refractivity contribution in [2.75, 3.05) is 6.54 Å². The van der Waals surface area contributed by atoms with Crippen LogP contribution in [0.2, 0.25) is 0 Å². The molecule has 0 radical (unpaired) electrons. The Balaban J connectivity index is 1.38. The second-order valence-electron chi connectivity index (χ2n) is 9.76. The Morgan fingerprint density at radius 2 is 1.50 bits per heavy atom. The van der Waals surface area contributed by atoms with Crippen molar-refractivity contribution >= 4 is 45.5 Å². The summed E-state index contributed by atoms with van der Waals surface area (Å²) in [6.07, 6.45) is 2.75. The van der Waals surface area contributed by atoms with Crippen LogP contribution in [0.4, 0.5) is 10.1 Å². The van der Waals surface area contributed by atoms with Crippen LogP contribution in [0.5, 0.6) is 0 Å². The number of aromatic nitrogens is 1. The van der Waals surface area contributed by atoms with Gasteiger partial charge in [0.1, 0.15) is 5.82 Å². The smallest absolute Gasteiger partial charge is 0.266 e. The number of rotatable bonds is 7. The number of hydrogen-bond donors (Lipinski definition) is 0. The van der Waals surface area contributed by atoms with Crippen molar-refractivity contribution in [3.05, 3.63) is 142 Å². The standard InChI is InChI=1S/C34H28FN3OS/c1-24-30(29-14-8-9-15-31(29)38(24)23-26-16-18-27(35)19-17-26)22-32-33(39)37(21-20-25-10-4-2-5-11-25)34(40-32)36-28-12-6-3-7-13-28/h2-19,22H,20-21,23H2,1H3/b32-22+,36-34?. The summed E-state index contributed by atoms with van der Waals surface area (Å²) >= 11 is 1.42. The fourth-order valence-corrected chi connectivity index (χ4v) is 6.04. The summed E-state index contributed by atoms with van der Waals surface area (Å²) in [7, 11) is 0. The molecule has 198 valence electrons. The zero-order valence-corrected chi connectivity index (χ0v) is 22.9. The van der Waals surface area contributed by atoms with Crippen LogP contribution in [0, 0.1) is 12.7 Å². The summed E-state index contributed by atoms with van der Waals surface area (Å²) in [4.78, 5) is 21.1. The van der Waals surface area contributed by atoms with Gasteiger partial charge in [0.2, 0.25) is 0 Å². The average molecular weight is 546 g/mol. The minimum atomic E-state index is -0.246. The van der Waals surface area contributed by atoms with Crippen molar-refractivity contribution in [1.29, 1.82) is 0 Å². The number of carbonyl (C=O) groups excluding carboxylic acids is 1. The van der Waals surface area contributed by atoms with Gasteiger partial charge >= 0.3 is 0 Å². The number of carbonyl (C=O) groups is 1. The number of para-hydroxylation sites is 2. The van der Waals surface area contributed by atoms with Gasteiger partial charge in [0.05, 0.1) is 10.6 Å². The Morgan fingerprint density at radius 3 is 2.25 bits per heavy atom. The van der Waals surface area contributed by atoms with Gasteiger partial charge in [-0.15, -0.1) is 0 Å². The summed E-state index contributed by atoms with van der Waals surface area (Å²) in [6, 6.07) is 34.8. The number of benzene rings is 4. The Morgan fingerprint density at radius 1 is 0.825 bits per heavy atom. The number of aliphatic imine (C=N–C) groups is 1. The van der Waals surface area contributed by atoms with Crippen LogP contribution in [0.1, 0.15) is 22.4 Å². The molecule has 0 unspecified atom stereocenters. The summed E-state index contributed by atoms with van der Waals surface area (Å²) in [5.74, 6) is -0.282. The van der Waals surface area contributed by atoms with E-state index in [0.29, 0.717) is 23.2 Å². The van der Waals surface area contributed by atoms with E-state index >= 15 is 0 Å². The molecule has 0 spiro atoms. The molecular weight excluding hydrogens is 517 g/mol. The van der Waals surface area contributed by atoms with Crippen LogP contribution in [-0.2, 0) is 17.8 Å². The van der Waals surface area contributed by atoms with Crippen LogP contribution >= 0.6 is 11.8 Å². The Bertz CT molecular complexity index is 1720. The lowest BCUT2D eigenvalue weighted by molar-refractivity contribution is -0.122. The highest BCUT2D eigenvalue weighted by atomic mass is 32.2.